The van der Waals surface area contributed by atoms with Gasteiger partial charge in [-0.1, -0.05) is 0 Å². The fourth-order valence-electron chi connectivity index (χ4n) is 1.69. The van der Waals surface area contributed by atoms with E-state index in [0.717, 1.165) is 0 Å². The first-order valence-corrected chi connectivity index (χ1v) is 6.77. The summed E-state index contributed by atoms with van der Waals surface area (Å²) in [6.07, 6.45) is 1.57. The van der Waals surface area contributed by atoms with Crippen molar-refractivity contribution in [2.24, 2.45) is 0 Å². The average Bonchev–Trinajstić information content (AvgIpc) is 2.43. The highest BCUT2D eigenvalue weighted by molar-refractivity contribution is 9.10. The number of rotatable bonds is 3. The fraction of sp³-hybridized carbons (Fsp3) is 0.143. The SMILES string of the molecule is CCn1cc(NC(=O)c2ccc(F)c(Br)c2)ccc1=O. The predicted octanol–water partition coefficient (Wildman–Crippen LogP) is 3.02. The molecular weight excluding hydrogens is 327 g/mol. The van der Waals surface area contributed by atoms with Crippen LogP contribution in [0.5, 0.6) is 0 Å². The lowest BCUT2D eigenvalue weighted by Crippen LogP contribution is -2.19. The molecule has 0 bridgehead atoms. The second-order valence-corrected chi connectivity index (χ2v) is 4.98. The maximum absolute atomic E-state index is 13.1. The van der Waals surface area contributed by atoms with Gasteiger partial charge in [0.2, 0.25) is 0 Å². The number of hydrogen-bond donors (Lipinski definition) is 1. The Labute approximate surface area is 123 Å². The molecule has 0 saturated carbocycles. The first-order valence-electron chi connectivity index (χ1n) is 5.98. The van der Waals surface area contributed by atoms with Crippen molar-refractivity contribution in [1.29, 1.82) is 0 Å². The van der Waals surface area contributed by atoms with E-state index in [0.29, 0.717) is 17.8 Å². The Hall–Kier alpha value is -1.95. The van der Waals surface area contributed by atoms with Crippen LogP contribution in [0.25, 0.3) is 0 Å². The van der Waals surface area contributed by atoms with Crippen LogP contribution in [-0.4, -0.2) is 10.5 Å². The number of amides is 1. The largest absolute Gasteiger partial charge is 0.321 e. The Kier molecular flexibility index (Phi) is 4.34. The third-order valence-electron chi connectivity index (χ3n) is 2.76. The van der Waals surface area contributed by atoms with Crippen LogP contribution in [0, 0.1) is 5.82 Å². The lowest BCUT2D eigenvalue weighted by Gasteiger charge is -2.08. The van der Waals surface area contributed by atoms with Crippen LogP contribution in [0.3, 0.4) is 0 Å². The van der Waals surface area contributed by atoms with Gasteiger partial charge >= 0.3 is 0 Å². The number of anilines is 1. The quantitative estimate of drug-likeness (QED) is 0.935. The van der Waals surface area contributed by atoms with Crippen LogP contribution in [0.4, 0.5) is 10.1 Å². The maximum atomic E-state index is 13.1. The highest BCUT2D eigenvalue weighted by Crippen LogP contribution is 2.17. The molecule has 6 heteroatoms. The first-order chi connectivity index (χ1) is 9.51. The van der Waals surface area contributed by atoms with Crippen LogP contribution in [0.2, 0.25) is 0 Å². The normalized spacial score (nSPS) is 10.3. The number of aromatic nitrogens is 1. The highest BCUT2D eigenvalue weighted by Gasteiger charge is 2.09. The highest BCUT2D eigenvalue weighted by atomic mass is 79.9. The number of halogens is 2. The number of nitrogens with zero attached hydrogens (tertiary/aromatic N) is 1. The zero-order chi connectivity index (χ0) is 14.7. The molecule has 0 atom stereocenters. The monoisotopic (exact) mass is 338 g/mol. The first kappa shape index (κ1) is 14.5. The molecule has 104 valence electrons. The number of hydrogen-bond acceptors (Lipinski definition) is 2. The Morgan fingerprint density at radius 3 is 2.75 bits per heavy atom. The van der Waals surface area contributed by atoms with Crippen molar-refractivity contribution in [2.75, 3.05) is 5.32 Å². The van der Waals surface area contributed by atoms with Crippen molar-refractivity contribution in [3.05, 3.63) is 62.7 Å². The predicted molar refractivity (Wildman–Crippen MR) is 78.4 cm³/mol. The molecule has 1 aromatic carbocycles. The molecule has 2 rings (SSSR count). The van der Waals surface area contributed by atoms with Gasteiger partial charge in [-0.15, -0.1) is 0 Å². The Bertz CT molecular complexity index is 713. The van der Waals surface area contributed by atoms with Gasteiger partial charge in [0.1, 0.15) is 5.82 Å². The van der Waals surface area contributed by atoms with Crippen LogP contribution >= 0.6 is 15.9 Å². The van der Waals surface area contributed by atoms with Gasteiger partial charge in [0.15, 0.2) is 0 Å². The third kappa shape index (κ3) is 3.14. The summed E-state index contributed by atoms with van der Waals surface area (Å²) in [5.74, 6) is -0.798. The van der Waals surface area contributed by atoms with E-state index >= 15 is 0 Å². The molecule has 0 saturated heterocycles. The second-order valence-electron chi connectivity index (χ2n) is 4.13. The lowest BCUT2D eigenvalue weighted by molar-refractivity contribution is 0.102. The average molecular weight is 339 g/mol. The second kappa shape index (κ2) is 6.00. The molecule has 1 aromatic heterocycles. The minimum atomic E-state index is -0.430. The molecule has 0 aliphatic heterocycles. The van der Waals surface area contributed by atoms with Crippen molar-refractivity contribution < 1.29 is 9.18 Å². The van der Waals surface area contributed by atoms with Crippen molar-refractivity contribution in [2.45, 2.75) is 13.5 Å². The van der Waals surface area contributed by atoms with Crippen LogP contribution in [0.1, 0.15) is 17.3 Å². The van der Waals surface area contributed by atoms with Crippen LogP contribution in [0.15, 0.2) is 45.8 Å². The van der Waals surface area contributed by atoms with E-state index in [-0.39, 0.29) is 15.9 Å². The summed E-state index contributed by atoms with van der Waals surface area (Å²) in [4.78, 5) is 23.5. The molecule has 0 aliphatic rings. The molecule has 1 heterocycles. The standard InChI is InChI=1S/C14H12BrFN2O2/c1-2-18-8-10(4-6-13(18)19)17-14(20)9-3-5-12(16)11(15)7-9/h3-8H,2H2,1H3,(H,17,20). The van der Waals surface area contributed by atoms with E-state index in [4.69, 9.17) is 0 Å². The third-order valence-corrected chi connectivity index (χ3v) is 3.37. The van der Waals surface area contributed by atoms with Gasteiger partial charge in [0.25, 0.3) is 11.5 Å². The van der Waals surface area contributed by atoms with Gasteiger partial charge in [0.05, 0.1) is 10.2 Å². The fourth-order valence-corrected chi connectivity index (χ4v) is 2.07. The molecule has 0 spiro atoms. The van der Waals surface area contributed by atoms with Gasteiger partial charge in [-0.25, -0.2) is 4.39 Å². The number of carbonyl (C=O) groups is 1. The molecule has 1 N–H and O–H groups in total. The molecule has 1 amide bonds. The number of pyridine rings is 1. The molecule has 0 aliphatic carbocycles. The molecule has 4 nitrogen and oxygen atoms in total. The number of benzene rings is 1. The molecule has 0 fully saturated rings. The van der Waals surface area contributed by atoms with Gasteiger partial charge < -0.3 is 9.88 Å². The van der Waals surface area contributed by atoms with Crippen LogP contribution in [-0.2, 0) is 6.54 Å². The number of carbonyl (C=O) groups excluding carboxylic acids is 1. The maximum Gasteiger partial charge on any atom is 0.255 e. The summed E-state index contributed by atoms with van der Waals surface area (Å²) < 4.78 is 14.8. The van der Waals surface area contributed by atoms with E-state index in [1.54, 1.807) is 6.20 Å². The van der Waals surface area contributed by atoms with Gasteiger partial charge in [0, 0.05) is 24.4 Å². The lowest BCUT2D eigenvalue weighted by atomic mass is 10.2. The molecular formula is C14H12BrFN2O2. The van der Waals surface area contributed by atoms with Crippen LogP contribution < -0.4 is 10.9 Å². The molecule has 20 heavy (non-hydrogen) atoms. The molecule has 0 unspecified atom stereocenters. The van der Waals surface area contributed by atoms with E-state index in [9.17, 15) is 14.0 Å². The Balaban J connectivity index is 2.23. The van der Waals surface area contributed by atoms with Crippen molar-refractivity contribution in [3.63, 3.8) is 0 Å². The van der Waals surface area contributed by atoms with E-state index in [1.807, 2.05) is 6.92 Å². The van der Waals surface area contributed by atoms with Crippen molar-refractivity contribution in [1.82, 2.24) is 4.57 Å². The van der Waals surface area contributed by atoms with Crippen molar-refractivity contribution >= 4 is 27.5 Å². The minimum absolute atomic E-state index is 0.130. The summed E-state index contributed by atoms with van der Waals surface area (Å²) in [6.45, 7) is 2.36. The Morgan fingerprint density at radius 2 is 2.10 bits per heavy atom. The summed E-state index contributed by atoms with van der Waals surface area (Å²) in [6, 6.07) is 6.93. The number of aryl methyl sites for hydroxylation is 1. The van der Waals surface area contributed by atoms with E-state index in [2.05, 4.69) is 21.2 Å². The molecule has 0 radical (unpaired) electrons. The summed E-state index contributed by atoms with van der Waals surface area (Å²) in [5, 5.41) is 2.66. The number of nitrogens with one attached hydrogen (secondary N) is 1. The van der Waals surface area contributed by atoms with Gasteiger partial charge in [-0.2, -0.15) is 0 Å². The summed E-state index contributed by atoms with van der Waals surface area (Å²) in [7, 11) is 0. The van der Waals surface area contributed by atoms with Gasteiger partial charge in [-0.05, 0) is 47.1 Å². The summed E-state index contributed by atoms with van der Waals surface area (Å²) >= 11 is 3.03. The van der Waals surface area contributed by atoms with Gasteiger partial charge in [-0.3, -0.25) is 9.59 Å². The summed E-state index contributed by atoms with van der Waals surface area (Å²) in [5.41, 5.74) is 0.708. The minimum Gasteiger partial charge on any atom is -0.321 e. The zero-order valence-corrected chi connectivity index (χ0v) is 12.3. The zero-order valence-electron chi connectivity index (χ0n) is 10.7. The van der Waals surface area contributed by atoms with Crippen molar-refractivity contribution in [3.8, 4) is 0 Å². The Morgan fingerprint density at radius 1 is 1.35 bits per heavy atom. The van der Waals surface area contributed by atoms with E-state index in [1.165, 1.54) is 34.9 Å². The smallest absolute Gasteiger partial charge is 0.255 e. The molecule has 2 aromatic rings. The van der Waals surface area contributed by atoms with E-state index < -0.39 is 5.82 Å². The topological polar surface area (TPSA) is 51.1 Å².